The van der Waals surface area contributed by atoms with Crippen LogP contribution in [-0.2, 0) is 20.9 Å². The number of esters is 1. The van der Waals surface area contributed by atoms with Gasteiger partial charge in [-0.15, -0.1) is 0 Å². The van der Waals surface area contributed by atoms with Crippen molar-refractivity contribution in [1.82, 2.24) is 0 Å². The molecule has 5 heteroatoms. The van der Waals surface area contributed by atoms with Crippen molar-refractivity contribution in [3.8, 4) is 0 Å². The van der Waals surface area contributed by atoms with Crippen molar-refractivity contribution in [1.29, 1.82) is 0 Å². The van der Waals surface area contributed by atoms with Crippen LogP contribution in [-0.4, -0.2) is 29.8 Å². The van der Waals surface area contributed by atoms with E-state index in [-0.39, 0.29) is 6.61 Å². The van der Waals surface area contributed by atoms with Crippen molar-refractivity contribution in [2.45, 2.75) is 25.2 Å². The van der Waals surface area contributed by atoms with Gasteiger partial charge in [0.1, 0.15) is 6.08 Å². The Bertz CT molecular complexity index is 549. The van der Waals surface area contributed by atoms with E-state index in [1.807, 2.05) is 0 Å². The van der Waals surface area contributed by atoms with Crippen molar-refractivity contribution < 1.29 is 24.9 Å². The van der Waals surface area contributed by atoms with Gasteiger partial charge in [-0.25, -0.2) is 0 Å². The van der Waals surface area contributed by atoms with E-state index < -0.39 is 31.1 Å². The Balaban J connectivity index is 2.14. The first kappa shape index (κ1) is 8.24. The molecule has 0 aromatic heterocycles. The van der Waals surface area contributed by atoms with Gasteiger partial charge in [0.05, 0.1) is 25.1 Å². The largest absolute Gasteiger partial charge is 0.457 e. The fraction of sp³-hybridized carbons (Fsp3) is 0.417. The average Bonchev–Trinajstić information content (AvgIpc) is 2.58. The highest BCUT2D eigenvalue weighted by Gasteiger charge is 2.33. The SMILES string of the molecule is [2H]C([2H])(OCc1ccc(Br)cc1)[C@@]1([2H])OC(=O)C[C@]1([2H])O. The summed E-state index contributed by atoms with van der Waals surface area (Å²) in [5, 5.41) is 9.76. The van der Waals surface area contributed by atoms with Gasteiger partial charge < -0.3 is 14.6 Å². The zero-order valence-electron chi connectivity index (χ0n) is 12.8. The van der Waals surface area contributed by atoms with Crippen molar-refractivity contribution in [2.24, 2.45) is 0 Å². The van der Waals surface area contributed by atoms with Crippen LogP contribution in [0.15, 0.2) is 28.7 Å². The van der Waals surface area contributed by atoms with Gasteiger partial charge in [-0.1, -0.05) is 28.1 Å². The third-order valence-electron chi connectivity index (χ3n) is 2.11. The molecule has 1 aromatic carbocycles. The predicted molar refractivity (Wildman–Crippen MR) is 64.3 cm³/mol. The van der Waals surface area contributed by atoms with E-state index in [0.717, 1.165) is 4.47 Å². The Kier molecular flexibility index (Phi) is 2.72. The van der Waals surface area contributed by atoms with Crippen molar-refractivity contribution >= 4 is 21.9 Å². The van der Waals surface area contributed by atoms with Gasteiger partial charge >= 0.3 is 5.97 Å². The lowest BCUT2D eigenvalue weighted by molar-refractivity contribution is -0.144. The van der Waals surface area contributed by atoms with Crippen molar-refractivity contribution in [3.63, 3.8) is 0 Å². The number of halogens is 1. The van der Waals surface area contributed by atoms with Crippen LogP contribution in [0.2, 0.25) is 0 Å². The molecular weight excluding hydrogens is 288 g/mol. The van der Waals surface area contributed by atoms with E-state index >= 15 is 0 Å². The fourth-order valence-corrected chi connectivity index (χ4v) is 1.54. The number of benzene rings is 1. The molecule has 0 amide bonds. The summed E-state index contributed by atoms with van der Waals surface area (Å²) >= 11 is 3.26. The molecule has 1 aromatic rings. The molecule has 1 saturated heterocycles. The number of carbonyl (C=O) groups is 1. The van der Waals surface area contributed by atoms with Crippen LogP contribution < -0.4 is 0 Å². The topological polar surface area (TPSA) is 55.8 Å². The number of carbonyl (C=O) groups excluding carboxylic acids is 1. The fourth-order valence-electron chi connectivity index (χ4n) is 1.27. The van der Waals surface area contributed by atoms with Gasteiger partial charge in [0.25, 0.3) is 0 Å². The Labute approximate surface area is 113 Å². The molecule has 0 bridgehead atoms. The summed E-state index contributed by atoms with van der Waals surface area (Å²) in [7, 11) is 0. The highest BCUT2D eigenvalue weighted by atomic mass is 79.9. The second kappa shape index (κ2) is 5.62. The molecular formula is C12H13BrO4. The molecule has 1 aliphatic rings. The molecule has 17 heavy (non-hydrogen) atoms. The van der Waals surface area contributed by atoms with Crippen LogP contribution in [0.4, 0.5) is 0 Å². The molecule has 4 nitrogen and oxygen atoms in total. The van der Waals surface area contributed by atoms with Crippen molar-refractivity contribution in [2.75, 3.05) is 6.56 Å². The van der Waals surface area contributed by atoms with Gasteiger partial charge in [0, 0.05) is 4.47 Å². The van der Waals surface area contributed by atoms with Crippen LogP contribution in [0.3, 0.4) is 0 Å². The van der Waals surface area contributed by atoms with E-state index in [1.54, 1.807) is 24.3 Å². The summed E-state index contributed by atoms with van der Waals surface area (Å²) in [5.74, 6) is -1.02. The average molecular weight is 305 g/mol. The Hall–Kier alpha value is -0.910. The molecule has 2 atom stereocenters. The van der Waals surface area contributed by atoms with Gasteiger partial charge in [-0.05, 0) is 17.7 Å². The molecule has 2 rings (SSSR count). The first-order valence-electron chi connectivity index (χ1n) is 6.90. The molecule has 92 valence electrons. The Morgan fingerprint density at radius 2 is 2.29 bits per heavy atom. The summed E-state index contributed by atoms with van der Waals surface area (Å²) < 4.78 is 41.2. The van der Waals surface area contributed by atoms with E-state index in [9.17, 15) is 9.90 Å². The summed E-state index contributed by atoms with van der Waals surface area (Å²) in [4.78, 5) is 11.2. The first-order chi connectivity index (χ1) is 9.57. The van der Waals surface area contributed by atoms with E-state index in [4.69, 9.17) is 10.2 Å². The normalized spacial score (nSPS) is 36.7. The standard InChI is InChI=1S/C12H13BrO4/c13-9-3-1-8(2-4-9)6-16-7-11-10(14)5-12(15)17-11/h1-4,10-11,14H,5-7H2/t10-,11+/m0/s1/i7D2,10D,11D. The summed E-state index contributed by atoms with van der Waals surface area (Å²) in [5.41, 5.74) is 0.628. The minimum Gasteiger partial charge on any atom is -0.457 e. The van der Waals surface area contributed by atoms with Gasteiger partial charge in [-0.3, -0.25) is 4.79 Å². The highest BCUT2D eigenvalue weighted by Crippen LogP contribution is 2.16. The zero-order valence-corrected chi connectivity index (χ0v) is 10.4. The molecule has 0 spiro atoms. The lowest BCUT2D eigenvalue weighted by Gasteiger charge is -2.13. The van der Waals surface area contributed by atoms with Crippen LogP contribution in [0.5, 0.6) is 0 Å². The maximum Gasteiger partial charge on any atom is 0.309 e. The minimum atomic E-state index is -2.84. The number of hydrogen-bond donors (Lipinski definition) is 1. The molecule has 0 saturated carbocycles. The molecule has 0 radical (unpaired) electrons. The Morgan fingerprint density at radius 3 is 2.88 bits per heavy atom. The number of ether oxygens (including phenoxy) is 2. The number of aliphatic hydroxyl groups is 1. The number of cyclic esters (lactones) is 1. The van der Waals surface area contributed by atoms with Crippen LogP contribution in [0.25, 0.3) is 0 Å². The molecule has 1 N–H and O–H groups in total. The molecule has 1 heterocycles. The zero-order chi connectivity index (χ0) is 15.9. The van der Waals surface area contributed by atoms with E-state index in [1.165, 1.54) is 0 Å². The maximum atomic E-state index is 11.2. The smallest absolute Gasteiger partial charge is 0.309 e. The lowest BCUT2D eigenvalue weighted by atomic mass is 10.2. The minimum absolute atomic E-state index is 0.200. The van der Waals surface area contributed by atoms with Gasteiger partial charge in [0.2, 0.25) is 0 Å². The second-order valence-electron chi connectivity index (χ2n) is 3.44. The van der Waals surface area contributed by atoms with E-state index in [2.05, 4.69) is 20.7 Å². The van der Waals surface area contributed by atoms with Crippen LogP contribution in [0, 0.1) is 0 Å². The molecule has 1 fully saturated rings. The van der Waals surface area contributed by atoms with Crippen LogP contribution in [0.1, 0.15) is 17.5 Å². The summed E-state index contributed by atoms with van der Waals surface area (Å²) in [6.07, 6.45) is -6.34. The van der Waals surface area contributed by atoms with Crippen molar-refractivity contribution in [3.05, 3.63) is 34.3 Å². The summed E-state index contributed by atoms with van der Waals surface area (Å²) in [6.45, 7) is -3.04. The van der Waals surface area contributed by atoms with Gasteiger partial charge in [-0.2, -0.15) is 0 Å². The monoisotopic (exact) mass is 304 g/mol. The highest BCUT2D eigenvalue weighted by molar-refractivity contribution is 9.10. The third-order valence-corrected chi connectivity index (χ3v) is 2.64. The van der Waals surface area contributed by atoms with E-state index in [0.29, 0.717) is 5.56 Å². The van der Waals surface area contributed by atoms with Gasteiger partial charge in [0.15, 0.2) is 6.08 Å². The summed E-state index contributed by atoms with van der Waals surface area (Å²) in [6, 6.07) is 6.84. The maximum absolute atomic E-state index is 11.2. The Morgan fingerprint density at radius 1 is 1.59 bits per heavy atom. The third kappa shape index (κ3) is 3.52. The van der Waals surface area contributed by atoms with Crippen LogP contribution >= 0.6 is 15.9 Å². The molecule has 1 aliphatic heterocycles. The predicted octanol–water partition coefficient (Wildman–Crippen LogP) is 1.64. The second-order valence-corrected chi connectivity index (χ2v) is 4.36. The number of hydrogen-bond acceptors (Lipinski definition) is 4. The number of rotatable bonds is 4. The molecule has 0 aliphatic carbocycles. The lowest BCUT2D eigenvalue weighted by Crippen LogP contribution is -2.26. The quantitative estimate of drug-likeness (QED) is 0.859. The first-order valence-corrected chi connectivity index (χ1v) is 5.69. The molecule has 0 unspecified atom stereocenters.